The summed E-state index contributed by atoms with van der Waals surface area (Å²) in [6, 6.07) is 2.10. The smallest absolute Gasteiger partial charge is 0.221 e. The van der Waals surface area contributed by atoms with Gasteiger partial charge in [-0.1, -0.05) is 32.4 Å². The fraction of sp³-hybridized carbons (Fsp3) is 0.500. The van der Waals surface area contributed by atoms with Crippen LogP contribution in [0, 0.1) is 13.8 Å². The van der Waals surface area contributed by atoms with Crippen LogP contribution >= 0.6 is 0 Å². The molecule has 178 valence electrons. The fourth-order valence-corrected chi connectivity index (χ4v) is 4.49. The molecule has 0 radical (unpaired) electrons. The lowest BCUT2D eigenvalue weighted by atomic mass is 10.0. The van der Waals surface area contributed by atoms with Crippen LogP contribution in [-0.2, 0) is 7.05 Å². The van der Waals surface area contributed by atoms with E-state index >= 15 is 0 Å². The second-order valence-corrected chi connectivity index (χ2v) is 8.63. The second-order valence-electron chi connectivity index (χ2n) is 8.63. The summed E-state index contributed by atoms with van der Waals surface area (Å²) in [6.45, 7) is 16.2. The zero-order chi connectivity index (χ0) is 24.3. The minimum atomic E-state index is 0.00594. The first-order valence-electron chi connectivity index (χ1n) is 11.9. The first-order valence-corrected chi connectivity index (χ1v) is 11.9. The Morgan fingerprint density at radius 3 is 2.55 bits per heavy atom. The zero-order valence-electron chi connectivity index (χ0n) is 21.6. The molecule has 0 saturated heterocycles. The number of aryl methyl sites for hydroxylation is 3. The van der Waals surface area contributed by atoms with Crippen LogP contribution in [0.5, 0.6) is 5.88 Å². The van der Waals surface area contributed by atoms with Crippen LogP contribution in [0.3, 0.4) is 0 Å². The molecule has 3 aromatic rings. The molecule has 2 bridgehead atoms. The average Bonchev–Trinajstić information content (AvgIpc) is 3.29. The fourth-order valence-electron chi connectivity index (χ4n) is 4.49. The zero-order valence-corrected chi connectivity index (χ0v) is 21.6. The Kier molecular flexibility index (Phi) is 7.74. The summed E-state index contributed by atoms with van der Waals surface area (Å²) in [6.07, 6.45) is 5.34. The van der Waals surface area contributed by atoms with E-state index in [0.717, 1.165) is 64.6 Å². The Hall–Kier alpha value is -2.93. The van der Waals surface area contributed by atoms with Gasteiger partial charge in [0.1, 0.15) is 11.6 Å². The summed E-state index contributed by atoms with van der Waals surface area (Å²) in [5.74, 6) is 0.752. The van der Waals surface area contributed by atoms with Gasteiger partial charge in [0, 0.05) is 25.5 Å². The maximum Gasteiger partial charge on any atom is 0.221 e. The molecule has 4 rings (SSSR count). The number of nitrogens with zero attached hydrogens (tertiary/aromatic N) is 5. The molecule has 1 atom stereocenters. The van der Waals surface area contributed by atoms with Crippen LogP contribution in [0.2, 0.25) is 0 Å². The van der Waals surface area contributed by atoms with Crippen molar-refractivity contribution in [3.8, 4) is 17.1 Å². The van der Waals surface area contributed by atoms with Gasteiger partial charge in [0.25, 0.3) is 0 Å². The van der Waals surface area contributed by atoms with E-state index in [4.69, 9.17) is 9.72 Å². The lowest BCUT2D eigenvalue weighted by Gasteiger charge is -2.23. The van der Waals surface area contributed by atoms with Crippen LogP contribution in [-0.4, -0.2) is 56.1 Å². The van der Waals surface area contributed by atoms with E-state index in [-0.39, 0.29) is 6.10 Å². The average molecular weight is 451 g/mol. The minimum absolute atomic E-state index is 0.00594. The van der Waals surface area contributed by atoms with E-state index in [0.29, 0.717) is 0 Å². The molecule has 33 heavy (non-hydrogen) atoms. The van der Waals surface area contributed by atoms with Gasteiger partial charge in [0.05, 0.1) is 28.3 Å². The van der Waals surface area contributed by atoms with E-state index in [1.807, 2.05) is 39.4 Å². The first kappa shape index (κ1) is 24.7. The summed E-state index contributed by atoms with van der Waals surface area (Å²) in [5, 5.41) is 13.4. The minimum Gasteiger partial charge on any atom is -0.473 e. The number of ether oxygens (including phenoxy) is 1. The summed E-state index contributed by atoms with van der Waals surface area (Å²) < 4.78 is 8.25. The molecular formula is C26H38N6O. The third-order valence-corrected chi connectivity index (χ3v) is 5.94. The summed E-state index contributed by atoms with van der Waals surface area (Å²) in [7, 11) is 4.06. The van der Waals surface area contributed by atoms with E-state index in [2.05, 4.69) is 66.2 Å². The number of hydrogen-bond acceptors (Lipinski definition) is 5. The third kappa shape index (κ3) is 5.03. The molecule has 1 unspecified atom stereocenters. The van der Waals surface area contributed by atoms with Crippen molar-refractivity contribution in [3.05, 3.63) is 40.4 Å². The maximum atomic E-state index is 6.43. The predicted octanol–water partition coefficient (Wildman–Crippen LogP) is 5.45. The van der Waals surface area contributed by atoms with Crippen molar-refractivity contribution < 1.29 is 4.74 Å². The van der Waals surface area contributed by atoms with E-state index in [1.165, 1.54) is 11.1 Å². The van der Waals surface area contributed by atoms with Crippen LogP contribution in [0.25, 0.3) is 28.2 Å². The Morgan fingerprint density at radius 1 is 1.12 bits per heavy atom. The molecule has 0 saturated carbocycles. The van der Waals surface area contributed by atoms with Crippen molar-refractivity contribution in [1.82, 2.24) is 29.9 Å². The van der Waals surface area contributed by atoms with Gasteiger partial charge in [-0.3, -0.25) is 15.0 Å². The molecule has 3 aromatic heterocycles. The molecule has 0 aromatic carbocycles. The van der Waals surface area contributed by atoms with Crippen molar-refractivity contribution in [3.63, 3.8) is 0 Å². The molecular weight excluding hydrogens is 412 g/mol. The monoisotopic (exact) mass is 450 g/mol. The van der Waals surface area contributed by atoms with Crippen molar-refractivity contribution in [2.45, 2.75) is 61.0 Å². The maximum absolute atomic E-state index is 6.43. The number of H-pyrrole nitrogens is 1. The van der Waals surface area contributed by atoms with Crippen LogP contribution in [0.15, 0.2) is 23.3 Å². The molecule has 4 heterocycles. The predicted molar refractivity (Wildman–Crippen MR) is 137 cm³/mol. The van der Waals surface area contributed by atoms with Gasteiger partial charge in [-0.15, -0.1) is 0 Å². The highest BCUT2D eigenvalue weighted by atomic mass is 16.5. The number of fused-ring (bicyclic) bond motifs is 3. The first-order chi connectivity index (χ1) is 15.8. The largest absolute Gasteiger partial charge is 0.473 e. The highest BCUT2D eigenvalue weighted by Crippen LogP contribution is 2.35. The van der Waals surface area contributed by atoms with Crippen LogP contribution in [0.4, 0.5) is 0 Å². The number of pyridine rings is 1. The summed E-state index contributed by atoms with van der Waals surface area (Å²) >= 11 is 0. The molecule has 7 heteroatoms. The molecule has 1 N–H and O–H groups in total. The van der Waals surface area contributed by atoms with Crippen molar-refractivity contribution >= 4 is 17.0 Å². The van der Waals surface area contributed by atoms with Crippen LogP contribution in [0.1, 0.15) is 58.1 Å². The lowest BCUT2D eigenvalue weighted by molar-refractivity contribution is 0.156. The van der Waals surface area contributed by atoms with Crippen molar-refractivity contribution in [1.29, 1.82) is 0 Å². The Bertz CT molecular complexity index is 1180. The third-order valence-electron chi connectivity index (χ3n) is 5.94. The van der Waals surface area contributed by atoms with Crippen LogP contribution < -0.4 is 4.74 Å². The van der Waals surface area contributed by atoms with Gasteiger partial charge in [0.2, 0.25) is 5.88 Å². The Balaban J connectivity index is 0.00000149. The molecule has 0 spiro atoms. The number of rotatable bonds is 1. The standard InChI is InChI=1S/C24H32N6O.C2H6/c1-8-18-9-10-20-19-11-21(25-17(5)23(19)27-26-20)22-16(4)28-30(7)24(22)31-15(3)13-29(6)12-14(18)2;1-2/h9-11,15H,8,12-13H2,1-7H3,(H,26,27);1-2H3/b10-9+,18-14-;. The summed E-state index contributed by atoms with van der Waals surface area (Å²) in [4.78, 5) is 7.17. The molecule has 1 aliphatic rings. The van der Waals surface area contributed by atoms with Gasteiger partial charge >= 0.3 is 0 Å². The quantitative estimate of drug-likeness (QED) is 0.533. The van der Waals surface area contributed by atoms with E-state index in [1.54, 1.807) is 0 Å². The van der Waals surface area contributed by atoms with Gasteiger partial charge < -0.3 is 4.74 Å². The van der Waals surface area contributed by atoms with E-state index < -0.39 is 0 Å². The SMILES string of the molecule is CC.CCC1=C(\C)CN(C)CC(C)Oc2c(c(C)nn2C)-c2cc3c([nH]nc3c(C)n2)\C=C\1. The van der Waals surface area contributed by atoms with Gasteiger partial charge in [-0.25, -0.2) is 4.68 Å². The number of allylic oxidation sites excluding steroid dienone is 2. The van der Waals surface area contributed by atoms with Gasteiger partial charge in [0.15, 0.2) is 0 Å². The topological polar surface area (TPSA) is 71.9 Å². The molecule has 0 aliphatic carbocycles. The number of nitrogens with one attached hydrogen (secondary N) is 1. The lowest BCUT2D eigenvalue weighted by Crippen LogP contribution is -2.32. The van der Waals surface area contributed by atoms with Crippen molar-refractivity contribution in [2.75, 3.05) is 20.1 Å². The van der Waals surface area contributed by atoms with Crippen molar-refractivity contribution in [2.24, 2.45) is 7.05 Å². The Morgan fingerprint density at radius 2 is 1.85 bits per heavy atom. The molecule has 7 nitrogen and oxygen atoms in total. The normalized spacial score (nSPS) is 20.5. The summed E-state index contributed by atoms with van der Waals surface area (Å²) in [5.41, 5.74) is 8.17. The number of hydrogen-bond donors (Lipinski definition) is 1. The Labute approximate surface area is 197 Å². The number of aromatic amines is 1. The highest BCUT2D eigenvalue weighted by Gasteiger charge is 2.22. The number of likely N-dealkylation sites (N-methyl/N-ethyl adjacent to an activating group) is 1. The van der Waals surface area contributed by atoms with Gasteiger partial charge in [-0.05, 0) is 58.9 Å². The highest BCUT2D eigenvalue weighted by molar-refractivity contribution is 5.91. The molecule has 0 amide bonds. The van der Waals surface area contributed by atoms with Gasteiger partial charge in [-0.2, -0.15) is 10.2 Å². The van der Waals surface area contributed by atoms with E-state index in [9.17, 15) is 0 Å². The molecule has 0 fully saturated rings. The second kappa shape index (κ2) is 10.3. The number of aromatic nitrogens is 5. The molecule has 1 aliphatic heterocycles.